The Labute approximate surface area is 132 Å². The van der Waals surface area contributed by atoms with Gasteiger partial charge >= 0.3 is 11.7 Å². The molecule has 0 heterocycles. The molecule has 0 saturated heterocycles. The second-order valence-corrected chi connectivity index (χ2v) is 4.55. The molecule has 0 aliphatic rings. The Kier molecular flexibility index (Phi) is 5.14. The molecule has 0 unspecified atom stereocenters. The van der Waals surface area contributed by atoms with Crippen LogP contribution in [0.3, 0.4) is 0 Å². The molecule has 0 N–H and O–H groups in total. The summed E-state index contributed by atoms with van der Waals surface area (Å²) < 4.78 is 15.2. The van der Waals surface area contributed by atoms with Crippen LogP contribution in [0.15, 0.2) is 42.5 Å². The topological polar surface area (TPSA) is 87.9 Å². The van der Waals surface area contributed by atoms with E-state index in [2.05, 4.69) is 0 Å². The van der Waals surface area contributed by atoms with Crippen LogP contribution in [0.2, 0.25) is 0 Å². The second kappa shape index (κ2) is 7.26. The summed E-state index contributed by atoms with van der Waals surface area (Å²) in [6.45, 7) is 0. The van der Waals surface area contributed by atoms with Crippen molar-refractivity contribution in [2.24, 2.45) is 0 Å². The van der Waals surface area contributed by atoms with E-state index in [-0.39, 0.29) is 17.9 Å². The lowest BCUT2D eigenvalue weighted by Crippen LogP contribution is -2.13. The molecule has 0 aromatic heterocycles. The summed E-state index contributed by atoms with van der Waals surface area (Å²) in [7, 11) is 2.89. The van der Waals surface area contributed by atoms with Gasteiger partial charge in [0.05, 0.1) is 31.6 Å². The number of hydrogen-bond acceptors (Lipinski definition) is 6. The van der Waals surface area contributed by atoms with E-state index in [1.54, 1.807) is 24.3 Å². The first-order valence-corrected chi connectivity index (χ1v) is 6.70. The van der Waals surface area contributed by atoms with Crippen LogP contribution in [0, 0.1) is 10.1 Å². The Hall–Kier alpha value is -3.09. The van der Waals surface area contributed by atoms with Crippen LogP contribution < -0.4 is 14.2 Å². The van der Waals surface area contributed by atoms with E-state index in [0.29, 0.717) is 17.1 Å². The van der Waals surface area contributed by atoms with Crippen molar-refractivity contribution in [3.8, 4) is 17.2 Å². The molecule has 0 atom stereocenters. The van der Waals surface area contributed by atoms with Crippen molar-refractivity contribution >= 4 is 11.7 Å². The Bertz CT molecular complexity index is 728. The van der Waals surface area contributed by atoms with Crippen LogP contribution in [0.4, 0.5) is 5.69 Å². The molecule has 2 aromatic carbocycles. The number of nitro groups is 1. The number of nitro benzene ring substituents is 1. The van der Waals surface area contributed by atoms with Gasteiger partial charge in [0.15, 0.2) is 0 Å². The van der Waals surface area contributed by atoms with Crippen LogP contribution in [0.1, 0.15) is 5.56 Å². The molecule has 0 radical (unpaired) electrons. The summed E-state index contributed by atoms with van der Waals surface area (Å²) >= 11 is 0. The van der Waals surface area contributed by atoms with Gasteiger partial charge in [0, 0.05) is 5.56 Å². The average Bonchev–Trinajstić information content (AvgIpc) is 2.55. The zero-order valence-corrected chi connectivity index (χ0v) is 12.6. The molecular formula is C16H15NO6. The smallest absolute Gasteiger partial charge is 0.316 e. The summed E-state index contributed by atoms with van der Waals surface area (Å²) in [5.41, 5.74) is 0.300. The monoisotopic (exact) mass is 317 g/mol. The lowest BCUT2D eigenvalue weighted by atomic mass is 10.1. The van der Waals surface area contributed by atoms with Gasteiger partial charge in [-0.1, -0.05) is 18.2 Å². The summed E-state index contributed by atoms with van der Waals surface area (Å²) in [5, 5.41) is 11.1. The van der Waals surface area contributed by atoms with Crippen LogP contribution in [-0.2, 0) is 11.2 Å². The van der Waals surface area contributed by atoms with Crippen molar-refractivity contribution in [1.82, 2.24) is 0 Å². The Morgan fingerprint density at radius 1 is 1.09 bits per heavy atom. The zero-order chi connectivity index (χ0) is 16.8. The number of ether oxygens (including phenoxy) is 3. The van der Waals surface area contributed by atoms with Gasteiger partial charge in [-0.05, 0) is 18.2 Å². The molecule has 2 aromatic rings. The van der Waals surface area contributed by atoms with Gasteiger partial charge < -0.3 is 14.2 Å². The Morgan fingerprint density at radius 3 is 2.48 bits per heavy atom. The molecule has 0 amide bonds. The fourth-order valence-electron chi connectivity index (χ4n) is 2.02. The fraction of sp³-hybridized carbons (Fsp3) is 0.188. The first kappa shape index (κ1) is 16.3. The summed E-state index contributed by atoms with van der Waals surface area (Å²) in [6.07, 6.45) is -0.0623. The summed E-state index contributed by atoms with van der Waals surface area (Å²) in [6, 6.07) is 11.0. The van der Waals surface area contributed by atoms with Gasteiger partial charge in [-0.15, -0.1) is 0 Å². The predicted octanol–water partition coefficient (Wildman–Crippen LogP) is 2.76. The van der Waals surface area contributed by atoms with Gasteiger partial charge in [-0.25, -0.2) is 0 Å². The quantitative estimate of drug-likeness (QED) is 0.352. The average molecular weight is 317 g/mol. The highest BCUT2D eigenvalue weighted by Crippen LogP contribution is 2.31. The van der Waals surface area contributed by atoms with Gasteiger partial charge in [0.25, 0.3) is 0 Å². The Morgan fingerprint density at radius 2 is 1.83 bits per heavy atom. The lowest BCUT2D eigenvalue weighted by Gasteiger charge is -2.09. The maximum absolute atomic E-state index is 12.0. The van der Waals surface area contributed by atoms with Gasteiger partial charge in [0.1, 0.15) is 11.5 Å². The summed E-state index contributed by atoms with van der Waals surface area (Å²) in [4.78, 5) is 22.5. The maximum atomic E-state index is 12.0. The first-order chi connectivity index (χ1) is 11.0. The van der Waals surface area contributed by atoms with Crippen LogP contribution in [-0.4, -0.2) is 25.1 Å². The normalized spacial score (nSPS) is 10.0. The van der Waals surface area contributed by atoms with Gasteiger partial charge in [-0.2, -0.15) is 0 Å². The Balaban J connectivity index is 2.18. The highest BCUT2D eigenvalue weighted by Gasteiger charge is 2.20. The van der Waals surface area contributed by atoms with Crippen molar-refractivity contribution in [1.29, 1.82) is 0 Å². The minimum Gasteiger partial charge on any atom is -0.496 e. The fourth-order valence-corrected chi connectivity index (χ4v) is 2.02. The molecule has 23 heavy (non-hydrogen) atoms. The van der Waals surface area contributed by atoms with Crippen molar-refractivity contribution in [3.63, 3.8) is 0 Å². The van der Waals surface area contributed by atoms with Crippen molar-refractivity contribution in [2.45, 2.75) is 6.42 Å². The number of carbonyl (C=O) groups excluding carboxylic acids is 1. The molecule has 0 saturated carbocycles. The molecular weight excluding hydrogens is 302 g/mol. The number of benzene rings is 2. The van der Waals surface area contributed by atoms with Crippen molar-refractivity contribution < 1.29 is 23.9 Å². The third kappa shape index (κ3) is 3.97. The zero-order valence-electron chi connectivity index (χ0n) is 12.6. The van der Waals surface area contributed by atoms with E-state index in [1.165, 1.54) is 32.4 Å². The van der Waals surface area contributed by atoms with Crippen molar-refractivity contribution in [2.75, 3.05) is 14.2 Å². The predicted molar refractivity (Wildman–Crippen MR) is 82.0 cm³/mol. The first-order valence-electron chi connectivity index (χ1n) is 6.70. The van der Waals surface area contributed by atoms with E-state index in [0.717, 1.165) is 0 Å². The van der Waals surface area contributed by atoms with E-state index in [9.17, 15) is 14.9 Å². The number of para-hydroxylation sites is 1. The lowest BCUT2D eigenvalue weighted by molar-refractivity contribution is -0.385. The number of carbonyl (C=O) groups is 1. The SMILES string of the molecule is COc1ccc(OC(=O)Cc2ccccc2OC)c([N+](=O)[O-])c1. The molecule has 0 spiro atoms. The van der Waals surface area contributed by atoms with Crippen LogP contribution >= 0.6 is 0 Å². The number of methoxy groups -OCH3 is 2. The van der Waals surface area contributed by atoms with E-state index in [4.69, 9.17) is 14.2 Å². The molecule has 7 nitrogen and oxygen atoms in total. The molecule has 7 heteroatoms. The van der Waals surface area contributed by atoms with Crippen LogP contribution in [0.5, 0.6) is 17.2 Å². The molecule has 2 rings (SSSR count). The highest BCUT2D eigenvalue weighted by atomic mass is 16.6. The van der Waals surface area contributed by atoms with E-state index >= 15 is 0 Å². The summed E-state index contributed by atoms with van der Waals surface area (Å²) in [5.74, 6) is 0.105. The number of esters is 1. The van der Waals surface area contributed by atoms with Crippen molar-refractivity contribution in [3.05, 3.63) is 58.1 Å². The molecule has 0 aliphatic heterocycles. The molecule has 120 valence electrons. The number of hydrogen-bond donors (Lipinski definition) is 0. The molecule has 0 fully saturated rings. The number of nitrogens with zero attached hydrogens (tertiary/aromatic N) is 1. The third-order valence-corrected chi connectivity index (χ3v) is 3.11. The van der Waals surface area contributed by atoms with E-state index in [1.807, 2.05) is 0 Å². The number of rotatable bonds is 6. The highest BCUT2D eigenvalue weighted by molar-refractivity contribution is 5.77. The molecule has 0 aliphatic carbocycles. The third-order valence-electron chi connectivity index (χ3n) is 3.11. The minimum absolute atomic E-state index is 0.0623. The van der Waals surface area contributed by atoms with Gasteiger partial charge in [0.2, 0.25) is 5.75 Å². The maximum Gasteiger partial charge on any atom is 0.316 e. The van der Waals surface area contributed by atoms with Crippen LogP contribution in [0.25, 0.3) is 0 Å². The standard InChI is InChI=1S/C16H15NO6/c1-21-12-7-8-15(13(10-12)17(19)20)23-16(18)9-11-5-3-4-6-14(11)22-2/h3-8,10H,9H2,1-2H3. The van der Waals surface area contributed by atoms with Gasteiger partial charge in [-0.3, -0.25) is 14.9 Å². The molecule has 0 bridgehead atoms. The minimum atomic E-state index is -0.631. The second-order valence-electron chi connectivity index (χ2n) is 4.55. The van der Waals surface area contributed by atoms with E-state index < -0.39 is 10.9 Å². The largest absolute Gasteiger partial charge is 0.496 e.